The molecule has 8 nitrogen and oxygen atoms in total. The molecule has 0 bridgehead atoms. The SMILES string of the molecule is CC(=O)NC12C(=O)c3c([N+](=O)[O-])cccc3C1(O)Oc1cc(C(C)C)ccc12. The second-order valence-corrected chi connectivity index (χ2v) is 7.37. The molecular weight excluding hydrogens is 364 g/mol. The molecule has 1 amide bonds. The molecule has 0 fully saturated rings. The topological polar surface area (TPSA) is 119 Å². The van der Waals surface area contributed by atoms with Crippen molar-refractivity contribution in [1.82, 2.24) is 5.32 Å². The predicted molar refractivity (Wildman–Crippen MR) is 98.0 cm³/mol. The molecule has 28 heavy (non-hydrogen) atoms. The van der Waals surface area contributed by atoms with Gasteiger partial charge in [-0.1, -0.05) is 38.1 Å². The molecule has 2 aromatic carbocycles. The van der Waals surface area contributed by atoms with Crippen molar-refractivity contribution in [3.63, 3.8) is 0 Å². The summed E-state index contributed by atoms with van der Waals surface area (Å²) >= 11 is 0. The van der Waals surface area contributed by atoms with Crippen LogP contribution < -0.4 is 10.1 Å². The molecule has 2 aliphatic rings. The molecule has 0 saturated carbocycles. The van der Waals surface area contributed by atoms with Crippen LogP contribution in [0.5, 0.6) is 5.75 Å². The summed E-state index contributed by atoms with van der Waals surface area (Å²) in [5, 5.41) is 25.5. The number of benzene rings is 2. The number of Topliss-reactive ketones (excluding diaryl/α,β-unsaturated/α-hetero) is 1. The maximum Gasteiger partial charge on any atom is 0.280 e. The second-order valence-electron chi connectivity index (χ2n) is 7.37. The largest absolute Gasteiger partial charge is 0.454 e. The second kappa shape index (κ2) is 5.62. The Balaban J connectivity index is 2.04. The number of rotatable bonds is 3. The molecule has 2 unspecified atom stereocenters. The molecule has 0 radical (unpaired) electrons. The number of hydrogen-bond acceptors (Lipinski definition) is 6. The summed E-state index contributed by atoms with van der Waals surface area (Å²) < 4.78 is 5.84. The zero-order valence-corrected chi connectivity index (χ0v) is 15.5. The van der Waals surface area contributed by atoms with E-state index in [1.807, 2.05) is 13.8 Å². The predicted octanol–water partition coefficient (Wildman–Crippen LogP) is 2.48. The molecule has 1 heterocycles. The molecule has 2 aromatic rings. The van der Waals surface area contributed by atoms with Gasteiger partial charge in [0.05, 0.1) is 4.92 Å². The molecule has 0 aromatic heterocycles. The van der Waals surface area contributed by atoms with Crippen molar-refractivity contribution >= 4 is 17.4 Å². The van der Waals surface area contributed by atoms with Crippen LogP contribution in [0.25, 0.3) is 0 Å². The van der Waals surface area contributed by atoms with Crippen LogP contribution in [0.15, 0.2) is 36.4 Å². The molecule has 8 heteroatoms. The highest BCUT2D eigenvalue weighted by Gasteiger charge is 2.72. The summed E-state index contributed by atoms with van der Waals surface area (Å²) in [6.45, 7) is 5.18. The number of amides is 1. The number of carbonyl (C=O) groups is 2. The van der Waals surface area contributed by atoms with Crippen molar-refractivity contribution in [2.24, 2.45) is 0 Å². The Morgan fingerprint density at radius 2 is 1.96 bits per heavy atom. The van der Waals surface area contributed by atoms with Crippen LogP contribution in [0.4, 0.5) is 5.69 Å². The summed E-state index contributed by atoms with van der Waals surface area (Å²) in [4.78, 5) is 36.3. The lowest BCUT2D eigenvalue weighted by atomic mass is 9.82. The number of ether oxygens (including phenoxy) is 1. The van der Waals surface area contributed by atoms with E-state index < -0.39 is 33.6 Å². The molecule has 4 rings (SSSR count). The molecule has 0 saturated heterocycles. The number of carbonyl (C=O) groups excluding carboxylic acids is 2. The van der Waals surface area contributed by atoms with E-state index in [4.69, 9.17) is 4.74 Å². The number of nitro benzene ring substituents is 1. The minimum Gasteiger partial charge on any atom is -0.454 e. The fourth-order valence-electron chi connectivity index (χ4n) is 4.12. The summed E-state index contributed by atoms with van der Waals surface area (Å²) in [7, 11) is 0. The van der Waals surface area contributed by atoms with Crippen molar-refractivity contribution < 1.29 is 24.4 Å². The summed E-state index contributed by atoms with van der Waals surface area (Å²) in [5.74, 6) is -3.21. The first-order valence-electron chi connectivity index (χ1n) is 8.80. The average molecular weight is 382 g/mol. The smallest absolute Gasteiger partial charge is 0.280 e. The number of aliphatic hydroxyl groups is 1. The Labute approximate surface area is 160 Å². The van der Waals surface area contributed by atoms with Crippen LogP contribution in [0.2, 0.25) is 0 Å². The molecular formula is C20H18N2O6. The number of nitro groups is 1. The fourth-order valence-corrected chi connectivity index (χ4v) is 4.12. The maximum absolute atomic E-state index is 13.5. The van der Waals surface area contributed by atoms with Crippen LogP contribution in [0, 0.1) is 10.1 Å². The zero-order chi connectivity index (χ0) is 20.4. The molecule has 144 valence electrons. The van der Waals surface area contributed by atoms with E-state index >= 15 is 0 Å². The first-order valence-corrected chi connectivity index (χ1v) is 8.80. The molecule has 0 spiro atoms. The van der Waals surface area contributed by atoms with Crippen LogP contribution in [-0.4, -0.2) is 21.7 Å². The van der Waals surface area contributed by atoms with E-state index in [2.05, 4.69) is 5.32 Å². The fraction of sp³-hybridized carbons (Fsp3) is 0.300. The van der Waals surface area contributed by atoms with Crippen LogP contribution in [0.1, 0.15) is 53.7 Å². The van der Waals surface area contributed by atoms with E-state index in [0.29, 0.717) is 0 Å². The number of nitrogens with one attached hydrogen (secondary N) is 1. The van der Waals surface area contributed by atoms with Gasteiger partial charge >= 0.3 is 0 Å². The van der Waals surface area contributed by atoms with Crippen LogP contribution in [-0.2, 0) is 16.1 Å². The van der Waals surface area contributed by atoms with Gasteiger partial charge in [0.1, 0.15) is 11.3 Å². The third-order valence-corrected chi connectivity index (χ3v) is 5.38. The third kappa shape index (κ3) is 2.03. The molecule has 1 aliphatic heterocycles. The van der Waals surface area contributed by atoms with Gasteiger partial charge in [-0.2, -0.15) is 0 Å². The van der Waals surface area contributed by atoms with Crippen molar-refractivity contribution in [2.45, 2.75) is 38.0 Å². The Kier molecular flexibility index (Phi) is 3.64. The van der Waals surface area contributed by atoms with Gasteiger partial charge < -0.3 is 15.2 Å². The maximum atomic E-state index is 13.5. The monoisotopic (exact) mass is 382 g/mol. The van der Waals surface area contributed by atoms with Gasteiger partial charge in [0.2, 0.25) is 17.2 Å². The van der Waals surface area contributed by atoms with Crippen molar-refractivity contribution in [3.05, 3.63) is 68.8 Å². The first-order chi connectivity index (χ1) is 13.1. The van der Waals surface area contributed by atoms with Crippen LogP contribution >= 0.6 is 0 Å². The lowest BCUT2D eigenvalue weighted by Crippen LogP contribution is -2.59. The molecule has 2 N–H and O–H groups in total. The molecule has 1 aliphatic carbocycles. The quantitative estimate of drug-likeness (QED) is 0.622. The van der Waals surface area contributed by atoms with E-state index in [1.165, 1.54) is 25.1 Å². The number of ketones is 1. The Hall–Kier alpha value is -3.26. The normalized spacial score (nSPS) is 24.4. The van der Waals surface area contributed by atoms with Gasteiger partial charge in [0.25, 0.3) is 11.5 Å². The van der Waals surface area contributed by atoms with Gasteiger partial charge in [-0.25, -0.2) is 0 Å². The Morgan fingerprint density at radius 1 is 1.25 bits per heavy atom. The average Bonchev–Trinajstić information content (AvgIpc) is 2.98. The van der Waals surface area contributed by atoms with Gasteiger partial charge in [0.15, 0.2) is 0 Å². The summed E-state index contributed by atoms with van der Waals surface area (Å²) in [5.41, 5.74) is -1.54. The molecule has 2 atom stereocenters. The van der Waals surface area contributed by atoms with Gasteiger partial charge in [-0.15, -0.1) is 0 Å². The van der Waals surface area contributed by atoms with Crippen molar-refractivity contribution in [3.8, 4) is 5.75 Å². The van der Waals surface area contributed by atoms with E-state index in [1.54, 1.807) is 18.2 Å². The van der Waals surface area contributed by atoms with Crippen molar-refractivity contribution in [1.29, 1.82) is 0 Å². The van der Waals surface area contributed by atoms with Crippen molar-refractivity contribution in [2.75, 3.05) is 0 Å². The standard InChI is InChI=1S/C20H18N2O6/c1-10(2)12-7-8-13-16(9-12)28-20(25)14-5-4-6-15(22(26)27)17(14)18(24)19(13,20)21-11(3)23/h4-10,25H,1-3H3,(H,21,23). The number of hydrogen-bond donors (Lipinski definition) is 2. The van der Waals surface area contributed by atoms with Gasteiger partial charge in [0, 0.05) is 24.1 Å². The van der Waals surface area contributed by atoms with E-state index in [9.17, 15) is 24.8 Å². The lowest BCUT2D eigenvalue weighted by Gasteiger charge is -2.34. The highest BCUT2D eigenvalue weighted by Crippen LogP contribution is 2.59. The number of fused-ring (bicyclic) bond motifs is 5. The summed E-state index contributed by atoms with van der Waals surface area (Å²) in [6.07, 6.45) is 0. The Morgan fingerprint density at radius 3 is 2.57 bits per heavy atom. The van der Waals surface area contributed by atoms with E-state index in [0.717, 1.165) is 5.56 Å². The van der Waals surface area contributed by atoms with E-state index in [-0.39, 0.29) is 28.4 Å². The minimum absolute atomic E-state index is 0.0391. The Bertz CT molecular complexity index is 1060. The minimum atomic E-state index is -2.28. The van der Waals surface area contributed by atoms with Crippen LogP contribution in [0.3, 0.4) is 0 Å². The van der Waals surface area contributed by atoms with Gasteiger partial charge in [-0.3, -0.25) is 19.7 Å². The number of nitrogens with zero attached hydrogens (tertiary/aromatic N) is 1. The highest BCUT2D eigenvalue weighted by atomic mass is 16.6. The highest BCUT2D eigenvalue weighted by molar-refractivity contribution is 6.14. The zero-order valence-electron chi connectivity index (χ0n) is 15.5. The first kappa shape index (κ1) is 18.1. The third-order valence-electron chi connectivity index (χ3n) is 5.38. The summed E-state index contributed by atoms with van der Waals surface area (Å²) in [6, 6.07) is 9.08. The van der Waals surface area contributed by atoms with Gasteiger partial charge in [-0.05, 0) is 17.5 Å². The lowest BCUT2D eigenvalue weighted by molar-refractivity contribution is -0.385.